The van der Waals surface area contributed by atoms with E-state index < -0.39 is 45.9 Å². The second-order valence-electron chi connectivity index (χ2n) is 10.1. The molecule has 4 rings (SSSR count). The molecule has 3 aromatic rings. The molecule has 0 atom stereocenters. The average molecular weight is 573 g/mol. The van der Waals surface area contributed by atoms with Gasteiger partial charge in [-0.05, 0) is 99.2 Å². The molecule has 1 aliphatic rings. The summed E-state index contributed by atoms with van der Waals surface area (Å²) in [6.07, 6.45) is -9.31. The van der Waals surface area contributed by atoms with E-state index in [2.05, 4.69) is 0 Å². The lowest BCUT2D eigenvalue weighted by molar-refractivity contribution is -0.157. The molecule has 0 bridgehead atoms. The molecule has 210 valence electrons. The Hall–Kier alpha value is -3.34. The first-order valence-electron chi connectivity index (χ1n) is 11.8. The number of alkyl halides is 6. The number of hydrogen-bond acceptors (Lipinski definition) is 4. The average Bonchev–Trinajstić information content (AvgIpc) is 2.78. The number of fused-ring (bicyclic) bond motifs is 2. The van der Waals surface area contributed by atoms with Crippen molar-refractivity contribution in [2.75, 3.05) is 6.61 Å². The molecule has 0 amide bonds. The van der Waals surface area contributed by atoms with E-state index in [9.17, 15) is 31.1 Å². The Morgan fingerprint density at radius 1 is 0.795 bits per heavy atom. The minimum Gasteiger partial charge on any atom is -0.481 e. The third-order valence-corrected chi connectivity index (χ3v) is 8.21. The summed E-state index contributed by atoms with van der Waals surface area (Å²) in [6.45, 7) is 8.37. The largest absolute Gasteiger partial charge is 0.481 e. The molecule has 0 fully saturated rings. The van der Waals surface area contributed by atoms with Crippen molar-refractivity contribution >= 4 is 16.9 Å². The molecular weight excluding hydrogens is 546 g/mol. The highest BCUT2D eigenvalue weighted by Gasteiger charge is 2.36. The van der Waals surface area contributed by atoms with Crippen molar-refractivity contribution in [3.8, 4) is 17.2 Å². The van der Waals surface area contributed by atoms with Crippen LogP contribution in [0.4, 0.5) is 26.3 Å². The Labute approximate surface area is 224 Å². The van der Waals surface area contributed by atoms with Crippen LogP contribution in [-0.2, 0) is 21.9 Å². The van der Waals surface area contributed by atoms with Gasteiger partial charge in [-0.25, -0.2) is 4.79 Å². The summed E-state index contributed by atoms with van der Waals surface area (Å²) in [6, 6.07) is 9.63. The number of benzene rings is 3. The second kappa shape index (κ2) is 10.0. The molecule has 39 heavy (non-hydrogen) atoms. The molecule has 0 spiro atoms. The number of aryl methyl sites for hydroxylation is 2. The number of carbonyl (C=O) groups excluding carboxylic acids is 1. The lowest BCUT2D eigenvalue weighted by atomic mass is 10.1. The van der Waals surface area contributed by atoms with Crippen LogP contribution in [0.3, 0.4) is 0 Å². The lowest BCUT2D eigenvalue weighted by Crippen LogP contribution is -2.27. The van der Waals surface area contributed by atoms with Crippen molar-refractivity contribution in [3.05, 3.63) is 70.8 Å². The Balaban J connectivity index is 1.78. The number of rotatable bonds is 4. The number of hydrogen-bond donors (Lipinski definition) is 1. The third-order valence-electron chi connectivity index (χ3n) is 5.73. The van der Waals surface area contributed by atoms with Crippen molar-refractivity contribution in [2.45, 2.75) is 67.3 Å². The molecule has 0 radical (unpaired) electrons. The first-order chi connectivity index (χ1) is 17.9. The zero-order valence-corrected chi connectivity index (χ0v) is 22.6. The van der Waals surface area contributed by atoms with Crippen LogP contribution >= 0.6 is 10.9 Å². The molecule has 0 aromatic heterocycles. The van der Waals surface area contributed by atoms with Crippen LogP contribution in [0.2, 0.25) is 0 Å². The minimum atomic E-state index is -4.66. The highest BCUT2D eigenvalue weighted by Crippen LogP contribution is 2.62. The van der Waals surface area contributed by atoms with Gasteiger partial charge in [0.25, 0.3) is 0 Å². The van der Waals surface area contributed by atoms with E-state index in [1.165, 1.54) is 12.1 Å². The summed E-state index contributed by atoms with van der Waals surface area (Å²) >= 11 is 0. The van der Waals surface area contributed by atoms with Gasteiger partial charge in [-0.1, -0.05) is 0 Å². The Kier molecular flexibility index (Phi) is 7.35. The minimum absolute atomic E-state index is 0.150. The Morgan fingerprint density at radius 2 is 1.26 bits per heavy atom. The molecule has 0 aliphatic carbocycles. The molecule has 0 N–H and O–H groups in total. The summed E-state index contributed by atoms with van der Waals surface area (Å²) in [7, 11) is -1.59. The van der Waals surface area contributed by atoms with Crippen LogP contribution in [0.15, 0.2) is 63.2 Å². The second-order valence-corrected chi connectivity index (χ2v) is 12.2. The Bertz CT molecular complexity index is 1340. The van der Waals surface area contributed by atoms with Gasteiger partial charge in [0, 0.05) is 9.79 Å². The van der Waals surface area contributed by atoms with Crippen LogP contribution < -0.4 is 9.47 Å². The number of ether oxygens (including phenoxy) is 3. The fourth-order valence-electron chi connectivity index (χ4n) is 4.23. The standard InChI is InChI=1S/C28H26F6O4S/c1-15-10-19(11-16(2)25(15)36-14-24(35)38-26(3,4)5)39-22-8-6-17(27(29,30)31)12-20(22)37-21-13-18(28(32,33)34)7-9-23(21)39/h6-13,39H,14H2,1-5H3. The SMILES string of the molecule is Cc1cc([SH]2c3ccc(C(F)(F)F)cc3Oc3cc(C(F)(F)F)ccc32)cc(C)c1OCC(=O)OC(C)(C)C. The van der Waals surface area contributed by atoms with E-state index in [1.807, 2.05) is 0 Å². The van der Waals surface area contributed by atoms with Gasteiger partial charge in [0.15, 0.2) is 6.61 Å². The summed E-state index contributed by atoms with van der Waals surface area (Å²) in [4.78, 5) is 13.7. The van der Waals surface area contributed by atoms with E-state index >= 15 is 0 Å². The van der Waals surface area contributed by atoms with E-state index in [-0.39, 0.29) is 18.1 Å². The highest BCUT2D eigenvalue weighted by atomic mass is 32.2. The van der Waals surface area contributed by atoms with E-state index in [1.54, 1.807) is 46.8 Å². The van der Waals surface area contributed by atoms with Crippen molar-refractivity contribution in [1.82, 2.24) is 0 Å². The van der Waals surface area contributed by atoms with Gasteiger partial charge in [-0.15, -0.1) is 0 Å². The van der Waals surface area contributed by atoms with Crippen LogP contribution in [0, 0.1) is 13.8 Å². The fourth-order valence-corrected chi connectivity index (χ4v) is 6.80. The van der Waals surface area contributed by atoms with Gasteiger partial charge >= 0.3 is 18.3 Å². The maximum absolute atomic E-state index is 13.4. The van der Waals surface area contributed by atoms with Crippen molar-refractivity contribution < 1.29 is 45.3 Å². The highest BCUT2D eigenvalue weighted by molar-refractivity contribution is 8.17. The van der Waals surface area contributed by atoms with Gasteiger partial charge < -0.3 is 14.2 Å². The molecular formula is C28H26F6O4S. The van der Waals surface area contributed by atoms with Gasteiger partial charge in [0.2, 0.25) is 0 Å². The Morgan fingerprint density at radius 3 is 1.67 bits per heavy atom. The molecule has 1 heterocycles. The molecule has 1 aliphatic heterocycles. The smallest absolute Gasteiger partial charge is 0.416 e. The summed E-state index contributed by atoms with van der Waals surface area (Å²) in [5.41, 5.74) is -1.33. The molecule has 11 heteroatoms. The fraction of sp³-hybridized carbons (Fsp3) is 0.321. The van der Waals surface area contributed by atoms with Gasteiger partial charge in [0.1, 0.15) is 22.8 Å². The van der Waals surface area contributed by atoms with E-state index in [0.717, 1.165) is 24.3 Å². The van der Waals surface area contributed by atoms with Crippen LogP contribution in [0.5, 0.6) is 17.2 Å². The molecule has 4 nitrogen and oxygen atoms in total. The summed E-state index contributed by atoms with van der Waals surface area (Å²) in [5, 5.41) is 0. The lowest BCUT2D eigenvalue weighted by Gasteiger charge is -2.33. The topological polar surface area (TPSA) is 44.8 Å². The van der Waals surface area contributed by atoms with Crippen LogP contribution in [-0.4, -0.2) is 18.2 Å². The quantitative estimate of drug-likeness (QED) is 0.151. The normalized spacial score (nSPS) is 14.3. The first-order valence-corrected chi connectivity index (χ1v) is 13.1. The maximum atomic E-state index is 13.4. The zero-order chi connectivity index (χ0) is 28.9. The predicted molar refractivity (Wildman–Crippen MR) is 134 cm³/mol. The van der Waals surface area contributed by atoms with Gasteiger partial charge in [-0.2, -0.15) is 37.2 Å². The van der Waals surface area contributed by atoms with Gasteiger partial charge in [0.05, 0.1) is 11.1 Å². The van der Waals surface area contributed by atoms with Crippen molar-refractivity contribution in [1.29, 1.82) is 0 Å². The number of carbonyl (C=O) groups is 1. The zero-order valence-electron chi connectivity index (χ0n) is 21.7. The van der Waals surface area contributed by atoms with Crippen molar-refractivity contribution in [2.24, 2.45) is 0 Å². The monoisotopic (exact) mass is 572 g/mol. The van der Waals surface area contributed by atoms with Crippen molar-refractivity contribution in [3.63, 3.8) is 0 Å². The van der Waals surface area contributed by atoms with Gasteiger partial charge in [-0.3, -0.25) is 0 Å². The van der Waals surface area contributed by atoms with E-state index in [4.69, 9.17) is 14.2 Å². The third kappa shape index (κ3) is 6.29. The number of esters is 1. The van der Waals surface area contributed by atoms with Crippen LogP contribution in [0.25, 0.3) is 0 Å². The maximum Gasteiger partial charge on any atom is 0.416 e. The predicted octanol–water partition coefficient (Wildman–Crippen LogP) is 8.65. The number of halogens is 6. The number of thiol groups is 1. The van der Waals surface area contributed by atoms with Crippen LogP contribution in [0.1, 0.15) is 43.0 Å². The first kappa shape index (κ1) is 28.7. The molecule has 0 saturated heterocycles. The van der Waals surface area contributed by atoms with E-state index in [0.29, 0.717) is 31.6 Å². The molecule has 3 aromatic carbocycles. The molecule has 0 saturated carbocycles. The molecule has 0 unspecified atom stereocenters. The summed E-state index contributed by atoms with van der Waals surface area (Å²) in [5.74, 6) is -0.414. The summed E-state index contributed by atoms with van der Waals surface area (Å²) < 4.78 is 97.1.